The van der Waals surface area contributed by atoms with Crippen LogP contribution in [0.4, 0.5) is 5.69 Å². The minimum Gasteiger partial charge on any atom is -0.324 e. The molecule has 1 unspecified atom stereocenters. The van der Waals surface area contributed by atoms with Gasteiger partial charge in [-0.15, -0.1) is 11.8 Å². The van der Waals surface area contributed by atoms with Gasteiger partial charge in [-0.05, 0) is 23.6 Å². The van der Waals surface area contributed by atoms with Gasteiger partial charge in [0.25, 0.3) is 0 Å². The van der Waals surface area contributed by atoms with E-state index in [1.165, 1.54) is 0 Å². The zero-order chi connectivity index (χ0) is 11.7. The molecule has 16 heavy (non-hydrogen) atoms. The first-order valence-electron chi connectivity index (χ1n) is 5.40. The van der Waals surface area contributed by atoms with Crippen molar-refractivity contribution >= 4 is 23.4 Å². The Labute approximate surface area is 99.8 Å². The molecule has 0 bridgehead atoms. The lowest BCUT2D eigenvalue weighted by atomic mass is 9.97. The highest BCUT2D eigenvalue weighted by molar-refractivity contribution is 8.00. The Morgan fingerprint density at radius 2 is 2.19 bits per heavy atom. The molecule has 0 aliphatic carbocycles. The zero-order valence-electron chi connectivity index (χ0n) is 9.49. The second-order valence-corrected chi connectivity index (χ2v) is 5.38. The highest BCUT2D eigenvalue weighted by Crippen LogP contribution is 2.33. The van der Waals surface area contributed by atoms with Gasteiger partial charge in [0.05, 0.1) is 11.4 Å². The van der Waals surface area contributed by atoms with Gasteiger partial charge in [0, 0.05) is 10.9 Å². The third-order valence-corrected chi connectivity index (χ3v) is 3.81. The molecular weight excluding hydrogens is 220 g/mol. The Morgan fingerprint density at radius 3 is 2.88 bits per heavy atom. The molecule has 2 rings (SSSR count). The highest BCUT2D eigenvalue weighted by atomic mass is 32.2. The van der Waals surface area contributed by atoms with Gasteiger partial charge in [0.2, 0.25) is 5.91 Å². The SMILES string of the molecule is CC(C)C(N)c1ccc2c(c1)NC(=O)CS2. The maximum absolute atomic E-state index is 11.3. The van der Waals surface area contributed by atoms with E-state index in [4.69, 9.17) is 5.73 Å². The molecule has 0 radical (unpaired) electrons. The van der Waals surface area contributed by atoms with Crippen molar-refractivity contribution in [3.8, 4) is 0 Å². The van der Waals surface area contributed by atoms with Crippen molar-refractivity contribution in [3.05, 3.63) is 23.8 Å². The van der Waals surface area contributed by atoms with Crippen molar-refractivity contribution in [2.24, 2.45) is 11.7 Å². The second kappa shape index (κ2) is 4.47. The normalized spacial score (nSPS) is 16.9. The average molecular weight is 236 g/mol. The lowest BCUT2D eigenvalue weighted by Gasteiger charge is -2.21. The second-order valence-electron chi connectivity index (χ2n) is 4.36. The van der Waals surface area contributed by atoms with E-state index in [1.807, 2.05) is 18.2 Å². The minimum atomic E-state index is 0.0223. The van der Waals surface area contributed by atoms with E-state index in [1.54, 1.807) is 11.8 Å². The summed E-state index contributed by atoms with van der Waals surface area (Å²) in [5, 5.41) is 2.88. The first-order chi connectivity index (χ1) is 7.58. The van der Waals surface area contributed by atoms with Crippen LogP contribution in [-0.4, -0.2) is 11.7 Å². The van der Waals surface area contributed by atoms with Gasteiger partial charge >= 0.3 is 0 Å². The molecule has 0 saturated heterocycles. The molecule has 1 aromatic rings. The number of rotatable bonds is 2. The number of anilines is 1. The maximum atomic E-state index is 11.3. The Morgan fingerprint density at radius 1 is 1.44 bits per heavy atom. The van der Waals surface area contributed by atoms with Crippen LogP contribution in [0.25, 0.3) is 0 Å². The van der Waals surface area contributed by atoms with Gasteiger partial charge in [-0.2, -0.15) is 0 Å². The third-order valence-electron chi connectivity index (χ3n) is 2.74. The lowest BCUT2D eigenvalue weighted by Crippen LogP contribution is -2.20. The van der Waals surface area contributed by atoms with Crippen LogP contribution in [0.2, 0.25) is 0 Å². The van der Waals surface area contributed by atoms with Crippen LogP contribution >= 0.6 is 11.8 Å². The molecule has 86 valence electrons. The molecule has 1 aromatic carbocycles. The Bertz CT molecular complexity index is 417. The fourth-order valence-electron chi connectivity index (χ4n) is 1.69. The van der Waals surface area contributed by atoms with Gasteiger partial charge in [0.15, 0.2) is 0 Å². The smallest absolute Gasteiger partial charge is 0.234 e. The lowest BCUT2D eigenvalue weighted by molar-refractivity contribution is -0.113. The number of hydrogen-bond donors (Lipinski definition) is 2. The largest absolute Gasteiger partial charge is 0.324 e. The summed E-state index contributed by atoms with van der Waals surface area (Å²) in [5.41, 5.74) is 8.06. The molecule has 3 nitrogen and oxygen atoms in total. The quantitative estimate of drug-likeness (QED) is 0.829. The number of thioether (sulfide) groups is 1. The molecular formula is C12H16N2OS. The number of fused-ring (bicyclic) bond motifs is 1. The molecule has 1 aliphatic rings. The van der Waals surface area contributed by atoms with E-state index >= 15 is 0 Å². The van der Waals surface area contributed by atoms with Crippen molar-refractivity contribution in [2.75, 3.05) is 11.1 Å². The molecule has 0 spiro atoms. The number of benzene rings is 1. The first-order valence-corrected chi connectivity index (χ1v) is 6.38. The number of carbonyl (C=O) groups is 1. The average Bonchev–Trinajstić information content (AvgIpc) is 2.26. The molecule has 0 aromatic heterocycles. The highest BCUT2D eigenvalue weighted by Gasteiger charge is 2.18. The van der Waals surface area contributed by atoms with Gasteiger partial charge in [-0.25, -0.2) is 0 Å². The van der Waals surface area contributed by atoms with Crippen molar-refractivity contribution in [1.29, 1.82) is 0 Å². The number of nitrogens with two attached hydrogens (primary N) is 1. The van der Waals surface area contributed by atoms with Crippen LogP contribution in [0, 0.1) is 5.92 Å². The van der Waals surface area contributed by atoms with Gasteiger partial charge < -0.3 is 11.1 Å². The van der Waals surface area contributed by atoms with Crippen LogP contribution in [0.1, 0.15) is 25.5 Å². The summed E-state index contributed by atoms with van der Waals surface area (Å²) in [7, 11) is 0. The van der Waals surface area contributed by atoms with E-state index in [0.29, 0.717) is 11.7 Å². The number of hydrogen-bond acceptors (Lipinski definition) is 3. The van der Waals surface area contributed by atoms with E-state index < -0.39 is 0 Å². The molecule has 0 saturated carbocycles. The van der Waals surface area contributed by atoms with Crippen LogP contribution in [0.15, 0.2) is 23.1 Å². The summed E-state index contributed by atoms with van der Waals surface area (Å²) in [6, 6.07) is 6.10. The van der Waals surface area contributed by atoms with Crippen LogP contribution in [-0.2, 0) is 4.79 Å². The molecule has 0 fully saturated rings. The zero-order valence-corrected chi connectivity index (χ0v) is 10.3. The van der Waals surface area contributed by atoms with Crippen LogP contribution < -0.4 is 11.1 Å². The van der Waals surface area contributed by atoms with Crippen molar-refractivity contribution < 1.29 is 4.79 Å². The fraction of sp³-hybridized carbons (Fsp3) is 0.417. The minimum absolute atomic E-state index is 0.0223. The summed E-state index contributed by atoms with van der Waals surface area (Å²) >= 11 is 1.57. The number of carbonyl (C=O) groups excluding carboxylic acids is 1. The topological polar surface area (TPSA) is 55.1 Å². The maximum Gasteiger partial charge on any atom is 0.234 e. The van der Waals surface area contributed by atoms with Crippen molar-refractivity contribution in [1.82, 2.24) is 0 Å². The summed E-state index contributed by atoms with van der Waals surface area (Å²) in [6.45, 7) is 4.19. The van der Waals surface area contributed by atoms with Gasteiger partial charge in [0.1, 0.15) is 0 Å². The number of nitrogens with one attached hydrogen (secondary N) is 1. The molecule has 1 aliphatic heterocycles. The standard InChI is InChI=1S/C12H16N2OS/c1-7(2)12(13)8-3-4-10-9(5-8)14-11(15)6-16-10/h3-5,7,12H,6,13H2,1-2H3,(H,14,15). The van der Waals surface area contributed by atoms with E-state index in [9.17, 15) is 4.79 Å². The van der Waals surface area contributed by atoms with E-state index in [2.05, 4.69) is 19.2 Å². The molecule has 3 N–H and O–H groups in total. The molecule has 4 heteroatoms. The van der Waals surface area contributed by atoms with E-state index in [0.717, 1.165) is 16.1 Å². The molecule has 1 heterocycles. The summed E-state index contributed by atoms with van der Waals surface area (Å²) in [6.07, 6.45) is 0. The van der Waals surface area contributed by atoms with E-state index in [-0.39, 0.29) is 11.9 Å². The van der Waals surface area contributed by atoms with Crippen LogP contribution in [0.3, 0.4) is 0 Å². The Balaban J connectivity index is 2.31. The summed E-state index contributed by atoms with van der Waals surface area (Å²) in [5.74, 6) is 0.959. The monoisotopic (exact) mass is 236 g/mol. The van der Waals surface area contributed by atoms with Crippen LogP contribution in [0.5, 0.6) is 0 Å². The van der Waals surface area contributed by atoms with Gasteiger partial charge in [-0.3, -0.25) is 4.79 Å². The van der Waals surface area contributed by atoms with Gasteiger partial charge in [-0.1, -0.05) is 19.9 Å². The first kappa shape index (κ1) is 11.5. The predicted molar refractivity (Wildman–Crippen MR) is 67.6 cm³/mol. The molecule has 1 amide bonds. The summed E-state index contributed by atoms with van der Waals surface area (Å²) in [4.78, 5) is 12.4. The number of amides is 1. The Hall–Kier alpha value is -1.000. The van der Waals surface area contributed by atoms with Crippen molar-refractivity contribution in [2.45, 2.75) is 24.8 Å². The fourth-order valence-corrected chi connectivity index (χ4v) is 2.48. The van der Waals surface area contributed by atoms with Crippen molar-refractivity contribution in [3.63, 3.8) is 0 Å². The third kappa shape index (κ3) is 2.23. The predicted octanol–water partition coefficient (Wildman–Crippen LogP) is 2.39. The molecule has 1 atom stereocenters. The summed E-state index contributed by atoms with van der Waals surface area (Å²) < 4.78 is 0. The Kier molecular flexibility index (Phi) is 3.21.